The number of carbonyl (C=O) groups is 1. The van der Waals surface area contributed by atoms with Crippen LogP contribution >= 0.6 is 11.8 Å². The van der Waals surface area contributed by atoms with Gasteiger partial charge in [-0.05, 0) is 24.3 Å². The van der Waals surface area contributed by atoms with Gasteiger partial charge < -0.3 is 10.4 Å². The van der Waals surface area contributed by atoms with Gasteiger partial charge >= 0.3 is 0 Å². The fraction of sp³-hybridized carbons (Fsp3) is 0.0625. The van der Waals surface area contributed by atoms with Crippen molar-refractivity contribution in [3.05, 3.63) is 54.1 Å². The van der Waals surface area contributed by atoms with E-state index < -0.39 is 23.2 Å². The Bertz CT molecular complexity index is 896. The summed E-state index contributed by atoms with van der Waals surface area (Å²) in [5, 5.41) is 18.8. The van der Waals surface area contributed by atoms with Gasteiger partial charge in [-0.1, -0.05) is 30.0 Å². The van der Waals surface area contributed by atoms with Gasteiger partial charge in [-0.2, -0.15) is 0 Å². The van der Waals surface area contributed by atoms with Crippen LogP contribution in [0.15, 0.2) is 47.6 Å². The predicted molar refractivity (Wildman–Crippen MR) is 89.2 cm³/mol. The number of rotatable bonds is 5. The van der Waals surface area contributed by atoms with Crippen molar-refractivity contribution < 1.29 is 18.7 Å². The summed E-state index contributed by atoms with van der Waals surface area (Å²) in [7, 11) is 0. The highest BCUT2D eigenvalue weighted by Crippen LogP contribution is 2.27. The normalized spacial score (nSPS) is 10.6. The SMILES string of the molecule is O=C(CSc1n[nH]c(-c2ccccc2O)n1)Nc1c(F)cccc1F. The number of nitrogens with one attached hydrogen (secondary N) is 2. The van der Waals surface area contributed by atoms with Crippen molar-refractivity contribution in [2.75, 3.05) is 11.1 Å². The number of amides is 1. The molecule has 128 valence electrons. The molecule has 1 aromatic heterocycles. The molecule has 0 saturated carbocycles. The summed E-state index contributed by atoms with van der Waals surface area (Å²) in [4.78, 5) is 16.0. The first-order chi connectivity index (χ1) is 12.0. The number of carbonyl (C=O) groups excluding carboxylic acids is 1. The number of hydrogen-bond acceptors (Lipinski definition) is 5. The molecule has 0 unspecified atom stereocenters. The fourth-order valence-corrected chi connectivity index (χ4v) is 2.63. The van der Waals surface area contributed by atoms with E-state index >= 15 is 0 Å². The molecule has 2 aromatic carbocycles. The maximum absolute atomic E-state index is 13.5. The molecule has 3 rings (SSSR count). The summed E-state index contributed by atoms with van der Waals surface area (Å²) < 4.78 is 27.0. The first-order valence-electron chi connectivity index (χ1n) is 7.12. The Morgan fingerprint density at radius 2 is 1.88 bits per heavy atom. The van der Waals surface area contributed by atoms with Gasteiger partial charge in [-0.15, -0.1) is 5.10 Å². The van der Waals surface area contributed by atoms with Crippen LogP contribution in [-0.4, -0.2) is 31.9 Å². The van der Waals surface area contributed by atoms with E-state index in [9.17, 15) is 18.7 Å². The molecule has 0 aliphatic heterocycles. The molecule has 0 fully saturated rings. The fourth-order valence-electron chi connectivity index (χ4n) is 2.03. The molecule has 0 bridgehead atoms. The van der Waals surface area contributed by atoms with Crippen molar-refractivity contribution in [1.29, 1.82) is 0 Å². The van der Waals surface area contributed by atoms with Gasteiger partial charge in [0.15, 0.2) is 5.82 Å². The number of hydrogen-bond donors (Lipinski definition) is 3. The lowest BCUT2D eigenvalue weighted by atomic mass is 10.2. The van der Waals surface area contributed by atoms with Crippen molar-refractivity contribution in [2.45, 2.75) is 5.16 Å². The van der Waals surface area contributed by atoms with Crippen LogP contribution in [0.4, 0.5) is 14.5 Å². The second-order valence-electron chi connectivity index (χ2n) is 4.92. The van der Waals surface area contributed by atoms with Crippen molar-refractivity contribution in [3.8, 4) is 17.1 Å². The van der Waals surface area contributed by atoms with E-state index in [-0.39, 0.29) is 16.7 Å². The third kappa shape index (κ3) is 3.94. The molecule has 3 aromatic rings. The van der Waals surface area contributed by atoms with Gasteiger partial charge in [-0.3, -0.25) is 9.89 Å². The molecular formula is C16H12F2N4O2S. The number of aromatic hydroxyl groups is 1. The van der Waals surface area contributed by atoms with E-state index in [1.807, 2.05) is 0 Å². The Morgan fingerprint density at radius 3 is 2.60 bits per heavy atom. The van der Waals surface area contributed by atoms with Gasteiger partial charge in [0.1, 0.15) is 23.1 Å². The number of para-hydroxylation sites is 2. The second kappa shape index (κ2) is 7.31. The lowest BCUT2D eigenvalue weighted by molar-refractivity contribution is -0.113. The highest BCUT2D eigenvalue weighted by Gasteiger charge is 2.14. The Kier molecular flexibility index (Phi) is 4.94. The molecule has 1 amide bonds. The van der Waals surface area contributed by atoms with Gasteiger partial charge in [-0.25, -0.2) is 13.8 Å². The number of aromatic nitrogens is 3. The lowest BCUT2D eigenvalue weighted by Crippen LogP contribution is -2.16. The van der Waals surface area contributed by atoms with E-state index in [0.717, 1.165) is 23.9 Å². The van der Waals surface area contributed by atoms with Crippen molar-refractivity contribution in [3.63, 3.8) is 0 Å². The first kappa shape index (κ1) is 16.9. The molecule has 0 saturated heterocycles. The van der Waals surface area contributed by atoms with Gasteiger partial charge in [0.25, 0.3) is 0 Å². The Labute approximate surface area is 145 Å². The second-order valence-corrected chi connectivity index (χ2v) is 5.86. The van der Waals surface area contributed by atoms with Crippen molar-refractivity contribution >= 4 is 23.4 Å². The number of phenolic OH excluding ortho intramolecular Hbond substituents is 1. The Hall–Kier alpha value is -2.94. The summed E-state index contributed by atoms with van der Waals surface area (Å²) in [6.45, 7) is 0. The minimum Gasteiger partial charge on any atom is -0.507 e. The minimum absolute atomic E-state index is 0.0444. The summed E-state index contributed by atoms with van der Waals surface area (Å²) in [5.41, 5.74) is -0.0160. The highest BCUT2D eigenvalue weighted by molar-refractivity contribution is 7.99. The van der Waals surface area contributed by atoms with Crippen LogP contribution in [0.2, 0.25) is 0 Å². The van der Waals surface area contributed by atoms with E-state index in [1.54, 1.807) is 18.2 Å². The van der Waals surface area contributed by atoms with Crippen LogP contribution in [0.5, 0.6) is 5.75 Å². The molecule has 0 radical (unpaired) electrons. The van der Waals surface area contributed by atoms with Gasteiger partial charge in [0.05, 0.1) is 11.3 Å². The highest BCUT2D eigenvalue weighted by atomic mass is 32.2. The summed E-state index contributed by atoms with van der Waals surface area (Å²) >= 11 is 0.989. The summed E-state index contributed by atoms with van der Waals surface area (Å²) in [5.74, 6) is -2.03. The van der Waals surface area contributed by atoms with Crippen LogP contribution in [0.1, 0.15) is 0 Å². The van der Waals surface area contributed by atoms with Crippen LogP contribution < -0.4 is 5.32 Å². The van der Waals surface area contributed by atoms with Crippen LogP contribution in [-0.2, 0) is 4.79 Å². The molecule has 3 N–H and O–H groups in total. The lowest BCUT2D eigenvalue weighted by Gasteiger charge is -2.06. The zero-order valence-electron chi connectivity index (χ0n) is 12.7. The molecule has 0 spiro atoms. The molecule has 1 heterocycles. The molecule has 25 heavy (non-hydrogen) atoms. The average molecular weight is 362 g/mol. The molecular weight excluding hydrogens is 350 g/mol. The predicted octanol–water partition coefficient (Wildman–Crippen LogP) is 3.19. The van der Waals surface area contributed by atoms with Crippen molar-refractivity contribution in [2.24, 2.45) is 0 Å². The minimum atomic E-state index is -0.849. The number of phenols is 1. The number of halogens is 2. The number of thioether (sulfide) groups is 1. The quantitative estimate of drug-likeness (QED) is 0.607. The summed E-state index contributed by atoms with van der Waals surface area (Å²) in [6.07, 6.45) is 0. The number of nitrogens with zero attached hydrogens (tertiary/aromatic N) is 2. The topological polar surface area (TPSA) is 90.9 Å². The maximum atomic E-state index is 13.5. The zero-order chi connectivity index (χ0) is 17.8. The smallest absolute Gasteiger partial charge is 0.235 e. The monoisotopic (exact) mass is 362 g/mol. The molecule has 0 aliphatic rings. The standard InChI is InChI=1S/C16H12F2N4O2S/c17-10-5-3-6-11(18)14(10)19-13(24)8-25-16-20-15(21-22-16)9-4-1-2-7-12(9)23/h1-7,23H,8H2,(H,19,24)(H,20,21,22). The third-order valence-electron chi connectivity index (χ3n) is 3.18. The molecule has 6 nitrogen and oxygen atoms in total. The molecule has 9 heteroatoms. The summed E-state index contributed by atoms with van der Waals surface area (Å²) in [6, 6.07) is 9.92. The number of benzene rings is 2. The number of anilines is 1. The van der Waals surface area contributed by atoms with Gasteiger partial charge in [0.2, 0.25) is 11.1 Å². The van der Waals surface area contributed by atoms with Gasteiger partial charge in [0, 0.05) is 0 Å². The Morgan fingerprint density at radius 1 is 1.16 bits per heavy atom. The number of aromatic amines is 1. The first-order valence-corrected chi connectivity index (χ1v) is 8.10. The number of H-pyrrole nitrogens is 1. The van der Waals surface area contributed by atoms with E-state index in [0.29, 0.717) is 11.4 Å². The van der Waals surface area contributed by atoms with Crippen molar-refractivity contribution in [1.82, 2.24) is 15.2 Å². The molecule has 0 aliphatic carbocycles. The Balaban J connectivity index is 1.63. The van der Waals surface area contributed by atoms with E-state index in [1.165, 1.54) is 12.1 Å². The third-order valence-corrected chi connectivity index (χ3v) is 4.03. The van der Waals surface area contributed by atoms with Crippen LogP contribution in [0.3, 0.4) is 0 Å². The largest absolute Gasteiger partial charge is 0.507 e. The average Bonchev–Trinajstić information content (AvgIpc) is 3.06. The zero-order valence-corrected chi connectivity index (χ0v) is 13.5. The van der Waals surface area contributed by atoms with E-state index in [2.05, 4.69) is 20.5 Å². The molecule has 0 atom stereocenters. The van der Waals surface area contributed by atoms with Crippen LogP contribution in [0.25, 0.3) is 11.4 Å². The maximum Gasteiger partial charge on any atom is 0.235 e. The van der Waals surface area contributed by atoms with E-state index in [4.69, 9.17) is 0 Å². The van der Waals surface area contributed by atoms with Crippen LogP contribution in [0, 0.1) is 11.6 Å².